The standard InChI is InChI=1S/C13H26N2/c1-4-7-9-13(8-5-2)15-12(6-3)10-11-14/h12-13,15H,4-10H2,1-3H3. The zero-order chi connectivity index (χ0) is 11.5. The van der Waals surface area contributed by atoms with E-state index in [9.17, 15) is 0 Å². The van der Waals surface area contributed by atoms with E-state index in [0.29, 0.717) is 18.5 Å². The van der Waals surface area contributed by atoms with E-state index in [-0.39, 0.29) is 0 Å². The molecule has 0 aliphatic carbocycles. The molecule has 0 rings (SSSR count). The van der Waals surface area contributed by atoms with Gasteiger partial charge in [0.1, 0.15) is 0 Å². The van der Waals surface area contributed by atoms with Crippen molar-refractivity contribution in [3.05, 3.63) is 0 Å². The molecule has 0 amide bonds. The van der Waals surface area contributed by atoms with Crippen LogP contribution in [0.4, 0.5) is 0 Å². The highest BCUT2D eigenvalue weighted by atomic mass is 14.9. The van der Waals surface area contributed by atoms with E-state index in [0.717, 1.165) is 6.42 Å². The summed E-state index contributed by atoms with van der Waals surface area (Å²) in [6.45, 7) is 6.61. The van der Waals surface area contributed by atoms with E-state index >= 15 is 0 Å². The molecule has 2 nitrogen and oxygen atoms in total. The largest absolute Gasteiger partial charge is 0.310 e. The predicted octanol–water partition coefficient (Wildman–Crippen LogP) is 3.63. The molecular formula is C13H26N2. The summed E-state index contributed by atoms with van der Waals surface area (Å²) in [5, 5.41) is 12.3. The minimum Gasteiger partial charge on any atom is -0.310 e. The van der Waals surface area contributed by atoms with Crippen molar-refractivity contribution in [1.29, 1.82) is 5.26 Å². The first-order chi connectivity index (χ1) is 7.28. The number of hydrogen-bond donors (Lipinski definition) is 1. The molecule has 0 aromatic carbocycles. The van der Waals surface area contributed by atoms with Gasteiger partial charge in [0.25, 0.3) is 0 Å². The summed E-state index contributed by atoms with van der Waals surface area (Å²) in [5.74, 6) is 0. The number of unbranched alkanes of at least 4 members (excludes halogenated alkanes) is 1. The Labute approximate surface area is 95.1 Å². The highest BCUT2D eigenvalue weighted by Gasteiger charge is 2.12. The Morgan fingerprint density at radius 3 is 2.27 bits per heavy atom. The maximum Gasteiger partial charge on any atom is 0.0638 e. The lowest BCUT2D eigenvalue weighted by atomic mass is 10.0. The molecule has 88 valence electrons. The lowest BCUT2D eigenvalue weighted by molar-refractivity contribution is 0.374. The van der Waals surface area contributed by atoms with Gasteiger partial charge < -0.3 is 5.32 Å². The van der Waals surface area contributed by atoms with Crippen LogP contribution in [0.3, 0.4) is 0 Å². The van der Waals surface area contributed by atoms with E-state index in [4.69, 9.17) is 5.26 Å². The molecule has 0 aromatic heterocycles. The van der Waals surface area contributed by atoms with Crippen LogP contribution in [-0.4, -0.2) is 12.1 Å². The minimum absolute atomic E-state index is 0.392. The monoisotopic (exact) mass is 210 g/mol. The number of nitrogens with zero attached hydrogens (tertiary/aromatic N) is 1. The Morgan fingerprint density at radius 2 is 1.80 bits per heavy atom. The van der Waals surface area contributed by atoms with Gasteiger partial charge in [-0.05, 0) is 19.3 Å². The number of nitriles is 1. The van der Waals surface area contributed by atoms with Crippen LogP contribution in [0.25, 0.3) is 0 Å². The molecule has 0 heterocycles. The first kappa shape index (κ1) is 14.5. The topological polar surface area (TPSA) is 35.8 Å². The number of rotatable bonds is 9. The fraction of sp³-hybridized carbons (Fsp3) is 0.923. The summed E-state index contributed by atoms with van der Waals surface area (Å²) >= 11 is 0. The Balaban J connectivity index is 3.94. The van der Waals surface area contributed by atoms with Gasteiger partial charge in [0, 0.05) is 12.1 Å². The van der Waals surface area contributed by atoms with Crippen LogP contribution < -0.4 is 5.32 Å². The van der Waals surface area contributed by atoms with Gasteiger partial charge in [-0.1, -0.05) is 40.0 Å². The summed E-state index contributed by atoms with van der Waals surface area (Å²) in [6.07, 6.45) is 7.97. The highest BCUT2D eigenvalue weighted by Crippen LogP contribution is 2.09. The molecule has 0 bridgehead atoms. The molecule has 0 aliphatic heterocycles. The first-order valence-electron chi connectivity index (χ1n) is 6.41. The van der Waals surface area contributed by atoms with Crippen LogP contribution in [0.1, 0.15) is 65.7 Å². The normalized spacial score (nSPS) is 14.5. The molecule has 1 N–H and O–H groups in total. The third kappa shape index (κ3) is 7.39. The van der Waals surface area contributed by atoms with E-state index in [2.05, 4.69) is 32.2 Å². The lowest BCUT2D eigenvalue weighted by Gasteiger charge is -2.23. The van der Waals surface area contributed by atoms with Gasteiger partial charge in [-0.15, -0.1) is 0 Å². The van der Waals surface area contributed by atoms with Crippen molar-refractivity contribution in [1.82, 2.24) is 5.32 Å². The van der Waals surface area contributed by atoms with E-state index < -0.39 is 0 Å². The summed E-state index contributed by atoms with van der Waals surface area (Å²) < 4.78 is 0. The van der Waals surface area contributed by atoms with Crippen LogP contribution in [0.2, 0.25) is 0 Å². The molecule has 15 heavy (non-hydrogen) atoms. The Kier molecular flexibility index (Phi) is 9.62. The van der Waals surface area contributed by atoms with Crippen molar-refractivity contribution in [3.8, 4) is 6.07 Å². The van der Waals surface area contributed by atoms with Crippen molar-refractivity contribution >= 4 is 0 Å². The van der Waals surface area contributed by atoms with Gasteiger partial charge in [-0.3, -0.25) is 0 Å². The van der Waals surface area contributed by atoms with Gasteiger partial charge >= 0.3 is 0 Å². The number of nitrogens with one attached hydrogen (secondary N) is 1. The van der Waals surface area contributed by atoms with E-state index in [1.807, 2.05) is 0 Å². The molecule has 2 atom stereocenters. The summed E-state index contributed by atoms with van der Waals surface area (Å²) in [7, 11) is 0. The average Bonchev–Trinajstić information content (AvgIpc) is 2.25. The fourth-order valence-electron chi connectivity index (χ4n) is 1.87. The molecule has 0 aliphatic rings. The Bertz CT molecular complexity index is 172. The Morgan fingerprint density at radius 1 is 1.07 bits per heavy atom. The molecule has 0 radical (unpaired) electrons. The summed E-state index contributed by atoms with van der Waals surface area (Å²) in [6, 6.07) is 3.27. The molecule has 0 saturated heterocycles. The highest BCUT2D eigenvalue weighted by molar-refractivity contribution is 4.82. The SMILES string of the molecule is CCCCC(CCC)NC(CC)CC#N. The fourth-order valence-corrected chi connectivity index (χ4v) is 1.87. The predicted molar refractivity (Wildman–Crippen MR) is 65.7 cm³/mol. The van der Waals surface area contributed by atoms with Crippen molar-refractivity contribution in [2.45, 2.75) is 77.8 Å². The summed E-state index contributed by atoms with van der Waals surface area (Å²) in [4.78, 5) is 0. The van der Waals surface area contributed by atoms with Crippen LogP contribution in [0.5, 0.6) is 0 Å². The first-order valence-corrected chi connectivity index (χ1v) is 6.41. The zero-order valence-corrected chi connectivity index (χ0v) is 10.6. The molecule has 2 heteroatoms. The lowest BCUT2D eigenvalue weighted by Crippen LogP contribution is -2.37. The second kappa shape index (κ2) is 9.98. The Hall–Kier alpha value is -0.550. The number of hydrogen-bond acceptors (Lipinski definition) is 2. The quantitative estimate of drug-likeness (QED) is 0.631. The van der Waals surface area contributed by atoms with Crippen LogP contribution in [-0.2, 0) is 0 Å². The minimum atomic E-state index is 0.392. The van der Waals surface area contributed by atoms with Gasteiger partial charge in [0.05, 0.1) is 12.5 Å². The smallest absolute Gasteiger partial charge is 0.0638 e. The zero-order valence-electron chi connectivity index (χ0n) is 10.6. The molecule has 0 fully saturated rings. The van der Waals surface area contributed by atoms with Crippen molar-refractivity contribution in [3.63, 3.8) is 0 Å². The molecule has 2 unspecified atom stereocenters. The van der Waals surface area contributed by atoms with Gasteiger partial charge in [0.15, 0.2) is 0 Å². The second-order valence-electron chi connectivity index (χ2n) is 4.26. The average molecular weight is 210 g/mol. The maximum absolute atomic E-state index is 8.70. The van der Waals surface area contributed by atoms with Gasteiger partial charge in [0.2, 0.25) is 0 Å². The van der Waals surface area contributed by atoms with E-state index in [1.54, 1.807) is 0 Å². The van der Waals surface area contributed by atoms with Crippen molar-refractivity contribution in [2.75, 3.05) is 0 Å². The third-order valence-corrected chi connectivity index (χ3v) is 2.85. The van der Waals surface area contributed by atoms with Crippen LogP contribution in [0, 0.1) is 11.3 Å². The molecule has 0 aromatic rings. The third-order valence-electron chi connectivity index (χ3n) is 2.85. The maximum atomic E-state index is 8.70. The van der Waals surface area contributed by atoms with Crippen molar-refractivity contribution < 1.29 is 0 Å². The molecular weight excluding hydrogens is 184 g/mol. The molecule has 0 saturated carbocycles. The molecule has 0 spiro atoms. The van der Waals surface area contributed by atoms with Crippen molar-refractivity contribution in [2.24, 2.45) is 0 Å². The van der Waals surface area contributed by atoms with E-state index in [1.165, 1.54) is 32.1 Å². The van der Waals surface area contributed by atoms with Crippen LogP contribution >= 0.6 is 0 Å². The summed E-state index contributed by atoms with van der Waals surface area (Å²) in [5.41, 5.74) is 0. The second-order valence-corrected chi connectivity index (χ2v) is 4.26. The van der Waals surface area contributed by atoms with Crippen LogP contribution in [0.15, 0.2) is 0 Å². The van der Waals surface area contributed by atoms with Gasteiger partial charge in [-0.25, -0.2) is 0 Å². The van der Waals surface area contributed by atoms with Gasteiger partial charge in [-0.2, -0.15) is 5.26 Å².